The van der Waals surface area contributed by atoms with Crippen molar-refractivity contribution in [2.24, 2.45) is 0 Å². The lowest BCUT2D eigenvalue weighted by molar-refractivity contribution is 0.200. The van der Waals surface area contributed by atoms with Crippen LogP contribution >= 0.6 is 0 Å². The number of hydrogen-bond donors (Lipinski definition) is 3. The van der Waals surface area contributed by atoms with Crippen LogP contribution in [-0.2, 0) is 13.0 Å². The molecule has 3 N–H and O–H groups in total. The van der Waals surface area contributed by atoms with Crippen LogP contribution in [0.3, 0.4) is 0 Å². The molecule has 132 valence electrons. The zero-order valence-electron chi connectivity index (χ0n) is 13.8. The molecule has 1 atom stereocenters. The molecule has 0 heterocycles. The summed E-state index contributed by atoms with van der Waals surface area (Å²) >= 11 is 0. The van der Waals surface area contributed by atoms with Gasteiger partial charge in [0.05, 0.1) is 12.6 Å². The van der Waals surface area contributed by atoms with Crippen LogP contribution in [0.4, 0.5) is 9.18 Å². The van der Waals surface area contributed by atoms with Gasteiger partial charge in [-0.2, -0.15) is 0 Å². The molecule has 2 aromatic carbocycles. The minimum atomic E-state index is -0.306. The van der Waals surface area contributed by atoms with E-state index in [2.05, 4.69) is 10.6 Å². The first-order chi connectivity index (χ1) is 12.2. The first-order valence-corrected chi connectivity index (χ1v) is 8.31. The lowest BCUT2D eigenvalue weighted by Crippen LogP contribution is -2.37. The SMILES string of the molecule is O=C(NCc1ccccc1OCCO)N[C@@H]1CCc2ccc(F)cc21. The average Bonchev–Trinajstić information content (AvgIpc) is 3.01. The number of fused-ring (bicyclic) bond motifs is 1. The number of hydrogen-bond acceptors (Lipinski definition) is 3. The number of amides is 2. The van der Waals surface area contributed by atoms with Crippen LogP contribution in [0.5, 0.6) is 5.75 Å². The van der Waals surface area contributed by atoms with E-state index in [4.69, 9.17) is 9.84 Å². The number of urea groups is 1. The molecular weight excluding hydrogens is 323 g/mol. The maximum Gasteiger partial charge on any atom is 0.315 e. The second-order valence-electron chi connectivity index (χ2n) is 5.94. The molecule has 1 aliphatic carbocycles. The summed E-state index contributed by atoms with van der Waals surface area (Å²) in [5.41, 5.74) is 2.75. The molecule has 0 aromatic heterocycles. The maximum atomic E-state index is 13.4. The lowest BCUT2D eigenvalue weighted by atomic mass is 10.1. The van der Waals surface area contributed by atoms with E-state index in [-0.39, 0.29) is 31.1 Å². The highest BCUT2D eigenvalue weighted by atomic mass is 19.1. The van der Waals surface area contributed by atoms with E-state index in [1.54, 1.807) is 12.1 Å². The van der Waals surface area contributed by atoms with Crippen molar-refractivity contribution in [2.45, 2.75) is 25.4 Å². The van der Waals surface area contributed by atoms with Crippen LogP contribution in [0.1, 0.15) is 29.2 Å². The van der Waals surface area contributed by atoms with Gasteiger partial charge in [0.25, 0.3) is 0 Å². The van der Waals surface area contributed by atoms with Gasteiger partial charge in [0.2, 0.25) is 0 Å². The van der Waals surface area contributed by atoms with E-state index >= 15 is 0 Å². The highest BCUT2D eigenvalue weighted by Crippen LogP contribution is 2.31. The van der Waals surface area contributed by atoms with Crippen molar-refractivity contribution >= 4 is 6.03 Å². The predicted molar refractivity (Wildman–Crippen MR) is 91.9 cm³/mol. The summed E-state index contributed by atoms with van der Waals surface area (Å²) in [5, 5.41) is 14.6. The minimum absolute atomic E-state index is 0.0695. The molecule has 0 unspecified atom stereocenters. The Morgan fingerprint density at radius 1 is 1.28 bits per heavy atom. The smallest absolute Gasteiger partial charge is 0.315 e. The quantitative estimate of drug-likeness (QED) is 0.754. The topological polar surface area (TPSA) is 70.6 Å². The number of aliphatic hydroxyl groups is 1. The summed E-state index contributed by atoms with van der Waals surface area (Å²) in [6.07, 6.45) is 1.60. The first kappa shape index (κ1) is 17.2. The third-order valence-electron chi connectivity index (χ3n) is 4.25. The van der Waals surface area contributed by atoms with E-state index in [0.717, 1.165) is 29.5 Å². The number of aliphatic hydroxyl groups excluding tert-OH is 1. The Kier molecular flexibility index (Phi) is 5.50. The van der Waals surface area contributed by atoms with Crippen molar-refractivity contribution in [1.29, 1.82) is 0 Å². The Morgan fingerprint density at radius 2 is 2.12 bits per heavy atom. The maximum absolute atomic E-state index is 13.4. The van der Waals surface area contributed by atoms with Gasteiger partial charge in [-0.25, -0.2) is 9.18 Å². The van der Waals surface area contributed by atoms with Gasteiger partial charge in [-0.1, -0.05) is 24.3 Å². The summed E-state index contributed by atoms with van der Waals surface area (Å²) in [7, 11) is 0. The summed E-state index contributed by atoms with van der Waals surface area (Å²) in [4.78, 5) is 12.2. The largest absolute Gasteiger partial charge is 0.491 e. The van der Waals surface area contributed by atoms with E-state index in [1.165, 1.54) is 12.1 Å². The van der Waals surface area contributed by atoms with Gasteiger partial charge >= 0.3 is 6.03 Å². The molecule has 2 amide bonds. The predicted octanol–water partition coefficient (Wildman–Crippen LogP) is 2.68. The highest BCUT2D eigenvalue weighted by molar-refractivity contribution is 5.74. The highest BCUT2D eigenvalue weighted by Gasteiger charge is 2.24. The van der Waals surface area contributed by atoms with Crippen molar-refractivity contribution in [2.75, 3.05) is 13.2 Å². The zero-order valence-corrected chi connectivity index (χ0v) is 13.8. The molecule has 0 aliphatic heterocycles. The van der Waals surface area contributed by atoms with Crippen LogP contribution in [0.15, 0.2) is 42.5 Å². The monoisotopic (exact) mass is 344 g/mol. The molecule has 6 heteroatoms. The van der Waals surface area contributed by atoms with E-state index in [0.29, 0.717) is 12.3 Å². The Balaban J connectivity index is 1.57. The third kappa shape index (κ3) is 4.28. The normalized spacial score (nSPS) is 15.5. The standard InChI is InChI=1S/C19H21FN2O3/c20-15-7-5-13-6-8-17(16(13)11-15)22-19(24)21-12-14-3-1-2-4-18(14)25-10-9-23/h1-5,7,11,17,23H,6,8-10,12H2,(H2,21,22,24)/t17-/m1/s1. The fraction of sp³-hybridized carbons (Fsp3) is 0.316. The zero-order chi connectivity index (χ0) is 17.6. The Bertz CT molecular complexity index is 751. The van der Waals surface area contributed by atoms with Crippen molar-refractivity contribution in [3.8, 4) is 5.75 Å². The molecule has 0 radical (unpaired) electrons. The molecule has 0 bridgehead atoms. The summed E-state index contributed by atoms with van der Waals surface area (Å²) in [5.74, 6) is 0.341. The van der Waals surface area contributed by atoms with Gasteiger partial charge in [0.1, 0.15) is 18.2 Å². The molecule has 5 nitrogen and oxygen atoms in total. The molecular formula is C19H21FN2O3. The fourth-order valence-electron chi connectivity index (χ4n) is 3.05. The Morgan fingerprint density at radius 3 is 2.96 bits per heavy atom. The van der Waals surface area contributed by atoms with Crippen LogP contribution in [0.25, 0.3) is 0 Å². The minimum Gasteiger partial charge on any atom is -0.491 e. The van der Waals surface area contributed by atoms with Crippen molar-refractivity contribution < 1.29 is 19.0 Å². The van der Waals surface area contributed by atoms with Gasteiger partial charge in [0.15, 0.2) is 0 Å². The second kappa shape index (κ2) is 7.98. The van der Waals surface area contributed by atoms with Crippen LogP contribution in [0.2, 0.25) is 0 Å². The molecule has 25 heavy (non-hydrogen) atoms. The number of benzene rings is 2. The Hall–Kier alpha value is -2.60. The van der Waals surface area contributed by atoms with Gasteiger partial charge in [-0.05, 0) is 42.2 Å². The number of para-hydroxylation sites is 1. The van der Waals surface area contributed by atoms with E-state index < -0.39 is 0 Å². The molecule has 0 saturated carbocycles. The van der Waals surface area contributed by atoms with Crippen molar-refractivity contribution in [1.82, 2.24) is 10.6 Å². The molecule has 2 aromatic rings. The lowest BCUT2D eigenvalue weighted by Gasteiger charge is -2.16. The molecule has 0 saturated heterocycles. The van der Waals surface area contributed by atoms with Crippen LogP contribution in [-0.4, -0.2) is 24.4 Å². The number of aryl methyl sites for hydroxylation is 1. The van der Waals surface area contributed by atoms with Crippen molar-refractivity contribution in [3.63, 3.8) is 0 Å². The Labute approximate surface area is 145 Å². The van der Waals surface area contributed by atoms with Crippen LogP contribution in [0, 0.1) is 5.82 Å². The van der Waals surface area contributed by atoms with Crippen LogP contribution < -0.4 is 15.4 Å². The van der Waals surface area contributed by atoms with E-state index in [9.17, 15) is 9.18 Å². The van der Waals surface area contributed by atoms with E-state index in [1.807, 2.05) is 18.2 Å². The summed E-state index contributed by atoms with van der Waals surface area (Å²) < 4.78 is 18.9. The molecule has 0 spiro atoms. The van der Waals surface area contributed by atoms with Gasteiger partial charge in [-0.3, -0.25) is 0 Å². The number of ether oxygens (including phenoxy) is 1. The number of halogens is 1. The average molecular weight is 344 g/mol. The second-order valence-corrected chi connectivity index (χ2v) is 5.94. The molecule has 0 fully saturated rings. The molecule has 1 aliphatic rings. The van der Waals surface area contributed by atoms with Gasteiger partial charge < -0.3 is 20.5 Å². The number of nitrogens with one attached hydrogen (secondary N) is 2. The number of carbonyl (C=O) groups is 1. The van der Waals surface area contributed by atoms with Gasteiger partial charge in [-0.15, -0.1) is 0 Å². The fourth-order valence-corrected chi connectivity index (χ4v) is 3.05. The summed E-state index contributed by atoms with van der Waals surface area (Å²) in [6.45, 7) is 0.434. The summed E-state index contributed by atoms with van der Waals surface area (Å²) in [6, 6.07) is 11.6. The number of carbonyl (C=O) groups excluding carboxylic acids is 1. The van der Waals surface area contributed by atoms with Crippen molar-refractivity contribution in [3.05, 3.63) is 65.0 Å². The number of rotatable bonds is 6. The third-order valence-corrected chi connectivity index (χ3v) is 4.25. The van der Waals surface area contributed by atoms with Gasteiger partial charge in [0, 0.05) is 12.1 Å². The molecule has 3 rings (SSSR count). The first-order valence-electron chi connectivity index (χ1n) is 8.31.